The van der Waals surface area contributed by atoms with Gasteiger partial charge in [-0.1, -0.05) is 322 Å². The van der Waals surface area contributed by atoms with E-state index in [9.17, 15) is 0 Å². The second-order valence-electron chi connectivity index (χ2n) is 31.2. The summed E-state index contributed by atoms with van der Waals surface area (Å²) in [6.45, 7) is 0. The lowest BCUT2D eigenvalue weighted by atomic mass is 9.93. The Morgan fingerprint density at radius 3 is 1.31 bits per heavy atom. The molecule has 0 spiro atoms. The second kappa shape index (κ2) is 28.2. The number of benzene rings is 19. The van der Waals surface area contributed by atoms with Gasteiger partial charge in [0.1, 0.15) is 0 Å². The molecule has 0 N–H and O–H groups in total. The first-order valence-electron chi connectivity index (χ1n) is 40.8. The van der Waals surface area contributed by atoms with Crippen molar-refractivity contribution in [3.8, 4) is 61.3 Å². The van der Waals surface area contributed by atoms with E-state index in [2.05, 4.69) is 456 Å². The zero-order valence-corrected chi connectivity index (χ0v) is 64.6. The van der Waals surface area contributed by atoms with E-state index < -0.39 is 0 Å². The molecule has 550 valence electrons. The van der Waals surface area contributed by atoms with Crippen LogP contribution in [0.2, 0.25) is 0 Å². The normalized spacial score (nSPS) is 12.4. The highest BCUT2D eigenvalue weighted by Gasteiger charge is 2.26. The fraction of sp³-hybridized carbons (Fsp3) is 0.0175. The third kappa shape index (κ3) is 11.6. The molecule has 23 rings (SSSR count). The van der Waals surface area contributed by atoms with Crippen LogP contribution in [0, 0.1) is 12.1 Å². The minimum Gasteiger partial charge on any atom is -0.312 e. The summed E-state index contributed by atoms with van der Waals surface area (Å²) in [5.41, 5.74) is 27.6. The molecule has 0 aliphatic heterocycles. The minimum absolute atomic E-state index is 0.839. The van der Waals surface area contributed by atoms with Crippen LogP contribution in [0.1, 0.15) is 18.4 Å². The smallest absolute Gasteiger partial charge is 0.0630 e. The summed E-state index contributed by atoms with van der Waals surface area (Å²) in [5.74, 6) is 0. The first-order valence-corrected chi connectivity index (χ1v) is 40.8. The lowest BCUT2D eigenvalue weighted by Crippen LogP contribution is -2.10. The van der Waals surface area contributed by atoms with Crippen molar-refractivity contribution in [2.45, 2.75) is 12.8 Å². The Morgan fingerprint density at radius 2 is 0.678 bits per heavy atom. The average molecular weight is 1500 g/mol. The topological polar surface area (TPSA) is 16.3 Å². The Balaban J connectivity index is 0.613. The molecule has 4 heteroatoms. The molecule has 0 fully saturated rings. The number of fused-ring (bicyclic) bond motifs is 15. The molecule has 118 heavy (non-hydrogen) atoms. The van der Waals surface area contributed by atoms with Crippen LogP contribution in [0.3, 0.4) is 0 Å². The van der Waals surface area contributed by atoms with Crippen molar-refractivity contribution in [1.29, 1.82) is 0 Å². The largest absolute Gasteiger partial charge is 0.312 e. The van der Waals surface area contributed by atoms with Gasteiger partial charge in [0.05, 0.1) is 27.8 Å². The summed E-state index contributed by atoms with van der Waals surface area (Å²) in [4.78, 5) is 4.84. The minimum atomic E-state index is 0.839. The van der Waals surface area contributed by atoms with Crippen LogP contribution in [0.5, 0.6) is 0 Å². The predicted molar refractivity (Wildman–Crippen MR) is 501 cm³/mol. The summed E-state index contributed by atoms with van der Waals surface area (Å²) in [6.07, 6.45) is 6.45. The van der Waals surface area contributed by atoms with Gasteiger partial charge in [-0.25, -0.2) is 0 Å². The van der Waals surface area contributed by atoms with Gasteiger partial charge in [0.2, 0.25) is 0 Å². The van der Waals surface area contributed by atoms with Crippen LogP contribution < -0.4 is 9.80 Å². The van der Waals surface area contributed by atoms with Gasteiger partial charge in [0, 0.05) is 89.0 Å². The maximum Gasteiger partial charge on any atom is 0.0630 e. The maximum absolute atomic E-state index is 3.63. The van der Waals surface area contributed by atoms with Crippen molar-refractivity contribution in [1.82, 2.24) is 9.13 Å². The third-order valence-electron chi connectivity index (χ3n) is 24.6. The quantitative estimate of drug-likeness (QED) is 0.101. The highest BCUT2D eigenvalue weighted by Crippen LogP contribution is 2.49. The second-order valence-corrected chi connectivity index (χ2v) is 31.2. The number of nitrogens with zero attached hydrogens (tertiary/aromatic N) is 4. The highest BCUT2D eigenvalue weighted by molar-refractivity contribution is 6.25. The Kier molecular flexibility index (Phi) is 16.3. The molecule has 0 saturated heterocycles. The molecule has 1 aliphatic carbocycles. The Labute approximate surface area is 684 Å². The number of hydrogen-bond donors (Lipinski definition) is 0. The predicted octanol–water partition coefficient (Wildman–Crippen LogP) is 31.4. The van der Waals surface area contributed by atoms with Gasteiger partial charge in [-0.3, -0.25) is 0 Å². The van der Waals surface area contributed by atoms with Crippen molar-refractivity contribution in [3.63, 3.8) is 0 Å². The zero-order valence-electron chi connectivity index (χ0n) is 64.6. The van der Waals surface area contributed by atoms with Gasteiger partial charge in [0.25, 0.3) is 0 Å². The van der Waals surface area contributed by atoms with Gasteiger partial charge >= 0.3 is 0 Å². The lowest BCUT2D eigenvalue weighted by molar-refractivity contribution is 0.994. The fourth-order valence-electron chi connectivity index (χ4n) is 19.0. The Bertz CT molecular complexity index is 7860. The molecule has 22 aromatic rings. The van der Waals surface area contributed by atoms with Crippen LogP contribution in [-0.4, -0.2) is 9.13 Å². The van der Waals surface area contributed by atoms with Gasteiger partial charge in [-0.15, -0.1) is 0 Å². The van der Waals surface area contributed by atoms with E-state index in [1.54, 1.807) is 0 Å². The van der Waals surface area contributed by atoms with E-state index in [4.69, 9.17) is 0 Å². The summed E-state index contributed by atoms with van der Waals surface area (Å²) >= 11 is 0. The molecule has 1 aliphatic rings. The van der Waals surface area contributed by atoms with E-state index in [0.29, 0.717) is 0 Å². The van der Waals surface area contributed by atoms with Crippen molar-refractivity contribution in [3.05, 3.63) is 442 Å². The monoisotopic (exact) mass is 1500 g/mol. The molecule has 0 saturated carbocycles. The Hall–Kier alpha value is -15.5. The van der Waals surface area contributed by atoms with Gasteiger partial charge in [-0.2, -0.15) is 0 Å². The molecule has 0 unspecified atom stereocenters. The molecule has 0 radical (unpaired) electrons. The number of aromatic nitrogens is 2. The van der Waals surface area contributed by atoms with Crippen LogP contribution in [-0.2, 0) is 0 Å². The highest BCUT2D eigenvalue weighted by atomic mass is 15.1. The van der Waals surface area contributed by atoms with Crippen molar-refractivity contribution in [2.24, 2.45) is 0 Å². The fourth-order valence-corrected chi connectivity index (χ4v) is 19.0. The number of anilines is 6. The maximum atomic E-state index is 3.63. The molecule has 20 aromatic carbocycles. The van der Waals surface area contributed by atoms with Crippen molar-refractivity contribution < 1.29 is 0 Å². The van der Waals surface area contributed by atoms with E-state index in [-0.39, 0.29) is 0 Å². The number of para-hydroxylation sites is 1. The molecule has 0 atom stereocenters. The van der Waals surface area contributed by atoms with E-state index >= 15 is 0 Å². The van der Waals surface area contributed by atoms with E-state index in [1.807, 2.05) is 0 Å². The lowest BCUT2D eigenvalue weighted by Gasteiger charge is -2.27. The summed E-state index contributed by atoms with van der Waals surface area (Å²) < 4.78 is 5.03. The molecule has 0 amide bonds. The van der Waals surface area contributed by atoms with Crippen molar-refractivity contribution >= 4 is 154 Å². The molecule has 2 heterocycles. The van der Waals surface area contributed by atoms with Gasteiger partial charge < -0.3 is 18.9 Å². The molecule has 0 bridgehead atoms. The molecule has 2 aromatic heterocycles. The van der Waals surface area contributed by atoms with E-state index in [1.165, 1.54) is 148 Å². The van der Waals surface area contributed by atoms with Crippen LogP contribution in [0.15, 0.2) is 425 Å². The van der Waals surface area contributed by atoms with Crippen molar-refractivity contribution in [2.75, 3.05) is 9.80 Å². The Morgan fingerprint density at radius 1 is 0.246 bits per heavy atom. The summed E-state index contributed by atoms with van der Waals surface area (Å²) in [7, 11) is 0. The van der Waals surface area contributed by atoms with E-state index in [0.717, 1.165) is 85.7 Å². The molecular weight excluding hydrogens is 1430 g/mol. The first-order chi connectivity index (χ1) is 58.5. The molecular formula is C114H74N4. The number of allylic oxidation sites excluding steroid dienone is 4. The first kappa shape index (κ1) is 68.1. The van der Waals surface area contributed by atoms with Crippen LogP contribution in [0.25, 0.3) is 181 Å². The number of hydrogen-bond acceptors (Lipinski definition) is 2. The zero-order chi connectivity index (χ0) is 77.7. The third-order valence-corrected chi connectivity index (χ3v) is 24.6. The van der Waals surface area contributed by atoms with Crippen LogP contribution in [0.4, 0.5) is 34.1 Å². The van der Waals surface area contributed by atoms with Crippen LogP contribution >= 0.6 is 0 Å². The van der Waals surface area contributed by atoms with Gasteiger partial charge in [-0.05, 0) is 232 Å². The summed E-state index contributed by atoms with van der Waals surface area (Å²) in [6, 6.07) is 159. The van der Waals surface area contributed by atoms with Gasteiger partial charge in [0.15, 0.2) is 0 Å². The average Bonchev–Trinajstić information content (AvgIpc) is 1.56. The standard InChI is InChI=1S/C114H74N4/c1-3-21-75(22-4-1)84-28-15-35-97(72-84)116(98-36-17-30-90(74-98)103-41-19-43-109-111(103)106-67-55-81-25-10-13-38-104(81)113(106)117(109)92-32-5-2-6-33-92)108-42-18-31-88-70-87(58-66-101(88)108)79-53-63-95(64-54-79)118-110-44-20-40-102(112(110)107-68-56-82-26-11-14-39-105(82)114(107)118)89-29-16-34-96(73-89)115(93-59-49-77(50-60-93)85-47-45-76-23-7-8-27-83(76)69-85)94-61-51-78(52-62-94)86-57-65-100-91(71-86)48-46-80-24-9-12-37-99(80)100/h1-17,19-30,32-53,55-63,65-74H,54,64H2. The molecule has 4 nitrogen and oxygen atoms in total. The summed E-state index contributed by atoms with van der Waals surface area (Å²) in [5, 5.41) is 19.4. The number of rotatable bonds is 14. The SMILES string of the molecule is c1cc(N(c2cccc(-c3ccccc3)c2)c2cccc(-c3cccc4c3c3ccc5ccccc5c3n4-c3ccccc3)c2)c2ccc(C3=CC=C(n4c5cccc(-c6cccc(N(c7ccc(-c8ccc9ccccc9c8)cc7)c7ccc(-c8ccc9c(ccc%10ccccc%109)c8)cc7)c6)c5c5ccc6ccccc6c54)CC3)cc2c#1.